The maximum absolute atomic E-state index is 12.8. The lowest BCUT2D eigenvalue weighted by molar-refractivity contribution is 0.0165. The topological polar surface area (TPSA) is 57.7 Å². The first kappa shape index (κ1) is 22.7. The second-order valence-electron chi connectivity index (χ2n) is 8.39. The molecule has 2 fully saturated rings. The van der Waals surface area contributed by atoms with Gasteiger partial charge < -0.3 is 0 Å². The summed E-state index contributed by atoms with van der Waals surface area (Å²) in [6.45, 7) is 4.53. The van der Waals surface area contributed by atoms with Gasteiger partial charge in [0.25, 0.3) is 0 Å². The molecule has 0 N–H and O–H groups in total. The standard InChI is InChI=1S/C22H33ClN2O3S/c1-2-18-29(27,28)25-16-14-24(15-17-25)22(11-6-3-7-12-22)13-10-21(26)19-8-4-5-9-20(19)23/h4-5,8-9H,2-3,6-7,10-18H2,1H3. The van der Waals surface area contributed by atoms with E-state index in [0.717, 1.165) is 32.4 Å². The molecule has 1 aromatic rings. The SMILES string of the molecule is CCCS(=O)(=O)N1CCN(C2(CCC(=O)c3ccccc3Cl)CCCCC2)CC1. The van der Waals surface area contributed by atoms with Crippen molar-refractivity contribution >= 4 is 27.4 Å². The van der Waals surface area contributed by atoms with Gasteiger partial charge in [-0.15, -0.1) is 0 Å². The molecule has 0 bridgehead atoms. The van der Waals surface area contributed by atoms with E-state index in [1.807, 2.05) is 19.1 Å². The summed E-state index contributed by atoms with van der Waals surface area (Å²) < 4.78 is 26.5. The highest BCUT2D eigenvalue weighted by Gasteiger charge is 2.40. The molecule has 29 heavy (non-hydrogen) atoms. The average Bonchev–Trinajstić information content (AvgIpc) is 2.73. The fourth-order valence-corrected chi connectivity index (χ4v) is 6.66. The number of Topliss-reactive ketones (excluding diaryl/α,β-unsaturated/α-hetero) is 1. The Morgan fingerprint density at radius 2 is 1.72 bits per heavy atom. The quantitative estimate of drug-likeness (QED) is 0.563. The highest BCUT2D eigenvalue weighted by atomic mass is 35.5. The van der Waals surface area contributed by atoms with Crippen molar-refractivity contribution in [1.82, 2.24) is 9.21 Å². The molecule has 0 unspecified atom stereocenters. The van der Waals surface area contributed by atoms with Crippen molar-refractivity contribution in [2.24, 2.45) is 0 Å². The Kier molecular flexibility index (Phi) is 7.76. The van der Waals surface area contributed by atoms with Crippen LogP contribution in [0.2, 0.25) is 5.02 Å². The molecule has 5 nitrogen and oxygen atoms in total. The zero-order valence-corrected chi connectivity index (χ0v) is 19.0. The van der Waals surface area contributed by atoms with Gasteiger partial charge in [-0.3, -0.25) is 9.69 Å². The van der Waals surface area contributed by atoms with Gasteiger partial charge in [0.05, 0.1) is 10.8 Å². The highest BCUT2D eigenvalue weighted by Crippen LogP contribution is 2.38. The zero-order valence-electron chi connectivity index (χ0n) is 17.4. The summed E-state index contributed by atoms with van der Waals surface area (Å²) in [6.07, 6.45) is 7.72. The number of rotatable bonds is 8. The lowest BCUT2D eigenvalue weighted by atomic mass is 9.76. The summed E-state index contributed by atoms with van der Waals surface area (Å²) in [4.78, 5) is 15.3. The summed E-state index contributed by atoms with van der Waals surface area (Å²) in [5, 5.41) is 0.518. The van der Waals surface area contributed by atoms with Crippen LogP contribution in [0.4, 0.5) is 0 Å². The predicted octanol–water partition coefficient (Wildman–Crippen LogP) is 4.36. The van der Waals surface area contributed by atoms with E-state index in [4.69, 9.17) is 11.6 Å². The molecule has 0 radical (unpaired) electrons. The minimum absolute atomic E-state index is 0.00970. The molecule has 1 saturated heterocycles. The first-order chi connectivity index (χ1) is 13.9. The summed E-state index contributed by atoms with van der Waals surface area (Å²) >= 11 is 6.21. The van der Waals surface area contributed by atoms with Gasteiger partial charge in [0.15, 0.2) is 5.78 Å². The molecule has 3 rings (SSSR count). The third-order valence-corrected chi connectivity index (χ3v) is 8.95. The summed E-state index contributed by atoms with van der Waals surface area (Å²) in [6, 6.07) is 7.26. The maximum atomic E-state index is 12.8. The molecule has 1 aromatic carbocycles. The van der Waals surface area contributed by atoms with Crippen LogP contribution < -0.4 is 0 Å². The fourth-order valence-electron chi connectivity index (χ4n) is 4.93. The van der Waals surface area contributed by atoms with E-state index < -0.39 is 10.0 Å². The van der Waals surface area contributed by atoms with Gasteiger partial charge in [0.1, 0.15) is 0 Å². The van der Waals surface area contributed by atoms with Crippen LogP contribution in [-0.2, 0) is 10.0 Å². The molecule has 1 aliphatic carbocycles. The first-order valence-corrected chi connectivity index (χ1v) is 12.9. The Bertz CT molecular complexity index is 798. The van der Waals surface area contributed by atoms with Crippen LogP contribution in [0.15, 0.2) is 24.3 Å². The van der Waals surface area contributed by atoms with E-state index in [1.54, 1.807) is 16.4 Å². The lowest BCUT2D eigenvalue weighted by Gasteiger charge is -2.50. The van der Waals surface area contributed by atoms with Crippen molar-refractivity contribution in [2.45, 2.75) is 63.8 Å². The molecule has 0 amide bonds. The Morgan fingerprint density at radius 3 is 2.34 bits per heavy atom. The molecule has 7 heteroatoms. The Hall–Kier alpha value is -0.950. The molecular weight excluding hydrogens is 408 g/mol. The Morgan fingerprint density at radius 1 is 1.07 bits per heavy atom. The van der Waals surface area contributed by atoms with E-state index in [0.29, 0.717) is 36.5 Å². The number of sulfonamides is 1. The third kappa shape index (κ3) is 5.40. The van der Waals surface area contributed by atoms with Crippen molar-refractivity contribution < 1.29 is 13.2 Å². The zero-order chi connectivity index (χ0) is 20.9. The van der Waals surface area contributed by atoms with E-state index in [1.165, 1.54) is 19.3 Å². The van der Waals surface area contributed by atoms with Crippen molar-refractivity contribution in [3.05, 3.63) is 34.9 Å². The lowest BCUT2D eigenvalue weighted by Crippen LogP contribution is -2.58. The van der Waals surface area contributed by atoms with E-state index in [-0.39, 0.29) is 17.1 Å². The first-order valence-electron chi connectivity index (χ1n) is 10.9. The van der Waals surface area contributed by atoms with Gasteiger partial charge in [-0.25, -0.2) is 8.42 Å². The molecule has 1 heterocycles. The van der Waals surface area contributed by atoms with Crippen molar-refractivity contribution in [3.8, 4) is 0 Å². The van der Waals surface area contributed by atoms with E-state index >= 15 is 0 Å². The largest absolute Gasteiger partial charge is 0.295 e. The number of halogens is 1. The smallest absolute Gasteiger partial charge is 0.214 e. The maximum Gasteiger partial charge on any atom is 0.214 e. The highest BCUT2D eigenvalue weighted by molar-refractivity contribution is 7.89. The van der Waals surface area contributed by atoms with Crippen LogP contribution in [-0.4, -0.2) is 60.9 Å². The molecular formula is C22H33ClN2O3S. The predicted molar refractivity (Wildman–Crippen MR) is 118 cm³/mol. The number of hydrogen-bond donors (Lipinski definition) is 0. The van der Waals surface area contributed by atoms with Crippen LogP contribution in [0.3, 0.4) is 0 Å². The number of nitrogens with zero attached hydrogens (tertiary/aromatic N) is 2. The second kappa shape index (κ2) is 9.90. The number of carbonyl (C=O) groups excluding carboxylic acids is 1. The Labute approximate surface area is 180 Å². The van der Waals surface area contributed by atoms with Crippen LogP contribution in [0.5, 0.6) is 0 Å². The minimum atomic E-state index is -3.14. The van der Waals surface area contributed by atoms with Gasteiger partial charge >= 0.3 is 0 Å². The second-order valence-corrected chi connectivity index (χ2v) is 10.9. The molecule has 2 aliphatic rings. The molecule has 0 aromatic heterocycles. The number of piperazine rings is 1. The Balaban J connectivity index is 1.66. The molecule has 162 valence electrons. The van der Waals surface area contributed by atoms with Gasteiger partial charge in [0.2, 0.25) is 10.0 Å². The van der Waals surface area contributed by atoms with Crippen molar-refractivity contribution in [2.75, 3.05) is 31.9 Å². The number of benzene rings is 1. The average molecular weight is 441 g/mol. The number of carbonyl (C=O) groups is 1. The monoisotopic (exact) mass is 440 g/mol. The van der Waals surface area contributed by atoms with Gasteiger partial charge in [-0.2, -0.15) is 4.31 Å². The molecule has 1 aliphatic heterocycles. The molecule has 0 spiro atoms. The van der Waals surface area contributed by atoms with Crippen LogP contribution in [0, 0.1) is 0 Å². The van der Waals surface area contributed by atoms with E-state index in [2.05, 4.69) is 4.90 Å². The van der Waals surface area contributed by atoms with Crippen molar-refractivity contribution in [1.29, 1.82) is 0 Å². The van der Waals surface area contributed by atoms with Gasteiger partial charge in [0, 0.05) is 43.7 Å². The number of ketones is 1. The van der Waals surface area contributed by atoms with Crippen LogP contribution >= 0.6 is 11.6 Å². The number of hydrogen-bond acceptors (Lipinski definition) is 4. The minimum Gasteiger partial charge on any atom is -0.295 e. The summed E-state index contributed by atoms with van der Waals surface area (Å²) in [5.41, 5.74) is 0.617. The van der Waals surface area contributed by atoms with Gasteiger partial charge in [-0.1, -0.05) is 49.9 Å². The third-order valence-electron chi connectivity index (χ3n) is 6.54. The molecule has 0 atom stereocenters. The normalized spacial score (nSPS) is 21.2. The molecule has 1 saturated carbocycles. The fraction of sp³-hybridized carbons (Fsp3) is 0.682. The van der Waals surface area contributed by atoms with Crippen LogP contribution in [0.25, 0.3) is 0 Å². The van der Waals surface area contributed by atoms with Crippen LogP contribution in [0.1, 0.15) is 68.6 Å². The summed E-state index contributed by atoms with van der Waals surface area (Å²) in [7, 11) is -3.14. The van der Waals surface area contributed by atoms with E-state index in [9.17, 15) is 13.2 Å². The van der Waals surface area contributed by atoms with Gasteiger partial charge in [-0.05, 0) is 37.8 Å². The summed E-state index contributed by atoms with van der Waals surface area (Å²) in [5.74, 6) is 0.328. The van der Waals surface area contributed by atoms with Crippen molar-refractivity contribution in [3.63, 3.8) is 0 Å².